The zero-order chi connectivity index (χ0) is 12.4. The van der Waals surface area contributed by atoms with Crippen molar-refractivity contribution in [1.82, 2.24) is 10.1 Å². The Morgan fingerprint density at radius 1 is 1.29 bits per heavy atom. The predicted octanol–water partition coefficient (Wildman–Crippen LogP) is 0.795. The van der Waals surface area contributed by atoms with Gasteiger partial charge in [-0.15, -0.1) is 0 Å². The Bertz CT molecular complexity index is 543. The maximum absolute atomic E-state index is 11.8. The van der Waals surface area contributed by atoms with E-state index in [1.807, 2.05) is 0 Å². The van der Waals surface area contributed by atoms with Gasteiger partial charge in [-0.1, -0.05) is 5.16 Å². The number of nitrogens with one attached hydrogen (secondary N) is 1. The van der Waals surface area contributed by atoms with Crippen LogP contribution in [0.25, 0.3) is 0 Å². The summed E-state index contributed by atoms with van der Waals surface area (Å²) in [5.41, 5.74) is 12.3. The summed E-state index contributed by atoms with van der Waals surface area (Å²) in [6.45, 7) is 1.65. The van der Waals surface area contributed by atoms with Crippen molar-refractivity contribution in [3.63, 3.8) is 0 Å². The minimum absolute atomic E-state index is 0.0356. The highest BCUT2D eigenvalue weighted by atomic mass is 16.5. The lowest BCUT2D eigenvalue weighted by molar-refractivity contribution is 0.102. The van der Waals surface area contributed by atoms with Crippen LogP contribution in [0.1, 0.15) is 16.2 Å². The van der Waals surface area contributed by atoms with Gasteiger partial charge in [-0.05, 0) is 25.1 Å². The summed E-state index contributed by atoms with van der Waals surface area (Å²) < 4.78 is 4.76. The van der Waals surface area contributed by atoms with Gasteiger partial charge in [0.1, 0.15) is 0 Å². The van der Waals surface area contributed by atoms with Gasteiger partial charge >= 0.3 is 6.01 Å². The van der Waals surface area contributed by atoms with Crippen LogP contribution < -0.4 is 16.8 Å². The molecule has 0 bridgehead atoms. The SMILES string of the molecule is Cc1noc(NC(=O)c2cc(N)cc(N)c2)n1. The summed E-state index contributed by atoms with van der Waals surface area (Å²) in [6, 6.07) is 4.62. The van der Waals surface area contributed by atoms with Crippen LogP contribution in [-0.4, -0.2) is 16.0 Å². The van der Waals surface area contributed by atoms with Gasteiger partial charge in [0.05, 0.1) is 0 Å². The van der Waals surface area contributed by atoms with E-state index in [0.29, 0.717) is 22.8 Å². The van der Waals surface area contributed by atoms with Crippen LogP contribution in [0.4, 0.5) is 17.4 Å². The van der Waals surface area contributed by atoms with Gasteiger partial charge in [-0.2, -0.15) is 4.98 Å². The third-order valence-corrected chi connectivity index (χ3v) is 1.99. The van der Waals surface area contributed by atoms with E-state index in [4.69, 9.17) is 16.0 Å². The predicted molar refractivity (Wildman–Crippen MR) is 62.3 cm³/mol. The largest absolute Gasteiger partial charge is 0.399 e. The molecule has 7 nitrogen and oxygen atoms in total. The number of nitrogen functional groups attached to an aromatic ring is 2. The lowest BCUT2D eigenvalue weighted by Crippen LogP contribution is -2.13. The molecule has 0 aliphatic heterocycles. The molecule has 0 unspecified atom stereocenters. The molecule has 0 saturated carbocycles. The highest BCUT2D eigenvalue weighted by molar-refractivity contribution is 6.04. The highest BCUT2D eigenvalue weighted by Gasteiger charge is 2.11. The molecule has 0 fully saturated rings. The quantitative estimate of drug-likeness (QED) is 0.659. The van der Waals surface area contributed by atoms with Crippen molar-refractivity contribution in [3.8, 4) is 0 Å². The van der Waals surface area contributed by atoms with Crippen molar-refractivity contribution in [2.75, 3.05) is 16.8 Å². The van der Waals surface area contributed by atoms with Gasteiger partial charge in [-0.3, -0.25) is 10.1 Å². The summed E-state index contributed by atoms with van der Waals surface area (Å²) in [5.74, 6) is 0.0278. The number of carbonyl (C=O) groups is 1. The first-order valence-electron chi connectivity index (χ1n) is 4.82. The van der Waals surface area contributed by atoms with Crippen molar-refractivity contribution in [3.05, 3.63) is 29.6 Å². The number of benzene rings is 1. The molecule has 0 aliphatic carbocycles. The van der Waals surface area contributed by atoms with Crippen LogP contribution in [0.5, 0.6) is 0 Å². The van der Waals surface area contributed by atoms with Crippen LogP contribution >= 0.6 is 0 Å². The van der Waals surface area contributed by atoms with E-state index in [-0.39, 0.29) is 6.01 Å². The number of nitrogens with zero attached hydrogens (tertiary/aromatic N) is 2. The van der Waals surface area contributed by atoms with Crippen molar-refractivity contribution >= 4 is 23.3 Å². The molecular formula is C10H11N5O2. The maximum atomic E-state index is 11.8. The van der Waals surface area contributed by atoms with Crippen molar-refractivity contribution in [2.45, 2.75) is 6.92 Å². The smallest absolute Gasteiger partial charge is 0.328 e. The molecule has 1 aromatic heterocycles. The number of aromatic nitrogens is 2. The summed E-state index contributed by atoms with van der Waals surface area (Å²) in [6.07, 6.45) is 0. The fraction of sp³-hybridized carbons (Fsp3) is 0.100. The van der Waals surface area contributed by atoms with Gasteiger partial charge in [0, 0.05) is 16.9 Å². The Kier molecular flexibility index (Phi) is 2.65. The van der Waals surface area contributed by atoms with Gasteiger partial charge in [0.25, 0.3) is 5.91 Å². The zero-order valence-corrected chi connectivity index (χ0v) is 9.10. The third kappa shape index (κ3) is 2.51. The molecule has 1 heterocycles. The summed E-state index contributed by atoms with van der Waals surface area (Å²) >= 11 is 0. The van der Waals surface area contributed by atoms with Crippen molar-refractivity contribution in [2.24, 2.45) is 0 Å². The Balaban J connectivity index is 2.19. The molecule has 7 heteroatoms. The molecule has 0 spiro atoms. The van der Waals surface area contributed by atoms with Crippen LogP contribution in [0.3, 0.4) is 0 Å². The number of amides is 1. The maximum Gasteiger partial charge on any atom is 0.328 e. The molecule has 1 amide bonds. The van der Waals surface area contributed by atoms with E-state index < -0.39 is 5.91 Å². The topological polar surface area (TPSA) is 120 Å². The lowest BCUT2D eigenvalue weighted by atomic mass is 10.1. The normalized spacial score (nSPS) is 10.2. The molecule has 88 valence electrons. The van der Waals surface area contributed by atoms with Crippen LogP contribution in [-0.2, 0) is 0 Å². The first-order chi connectivity index (χ1) is 8.04. The Labute approximate surface area is 96.8 Å². The Hall–Kier alpha value is -2.57. The van der Waals surface area contributed by atoms with E-state index in [0.717, 1.165) is 0 Å². The molecule has 0 aliphatic rings. The molecule has 2 rings (SSSR count). The number of carbonyl (C=O) groups excluding carboxylic acids is 1. The second-order valence-electron chi connectivity index (χ2n) is 3.49. The van der Waals surface area contributed by atoms with Gasteiger partial charge in [0.2, 0.25) is 0 Å². The summed E-state index contributed by atoms with van der Waals surface area (Å²) in [5, 5.41) is 5.99. The van der Waals surface area contributed by atoms with E-state index in [1.54, 1.807) is 13.0 Å². The number of hydrogen-bond acceptors (Lipinski definition) is 6. The van der Waals surface area contributed by atoms with E-state index in [2.05, 4.69) is 15.5 Å². The number of rotatable bonds is 2. The third-order valence-electron chi connectivity index (χ3n) is 1.99. The second-order valence-corrected chi connectivity index (χ2v) is 3.49. The number of hydrogen-bond donors (Lipinski definition) is 3. The molecular weight excluding hydrogens is 222 g/mol. The molecule has 1 aromatic carbocycles. The molecule has 5 N–H and O–H groups in total. The lowest BCUT2D eigenvalue weighted by Gasteiger charge is -2.03. The Morgan fingerprint density at radius 2 is 1.94 bits per heavy atom. The average Bonchev–Trinajstić information content (AvgIpc) is 2.62. The van der Waals surface area contributed by atoms with Crippen LogP contribution in [0.2, 0.25) is 0 Å². The van der Waals surface area contributed by atoms with Gasteiger partial charge in [-0.25, -0.2) is 0 Å². The molecule has 2 aromatic rings. The standard InChI is InChI=1S/C10H11N5O2/c1-5-13-10(17-15-5)14-9(16)6-2-7(11)4-8(12)3-6/h2-4H,11-12H2,1H3,(H,13,14,15,16). The fourth-order valence-corrected chi connectivity index (χ4v) is 1.32. The minimum Gasteiger partial charge on any atom is -0.399 e. The zero-order valence-electron chi connectivity index (χ0n) is 9.10. The molecule has 0 radical (unpaired) electrons. The number of anilines is 3. The van der Waals surface area contributed by atoms with Crippen LogP contribution in [0.15, 0.2) is 22.7 Å². The van der Waals surface area contributed by atoms with Crippen LogP contribution in [0, 0.1) is 6.92 Å². The summed E-state index contributed by atoms with van der Waals surface area (Å²) in [7, 11) is 0. The van der Waals surface area contributed by atoms with Crippen molar-refractivity contribution < 1.29 is 9.32 Å². The average molecular weight is 233 g/mol. The fourth-order valence-electron chi connectivity index (χ4n) is 1.32. The van der Waals surface area contributed by atoms with Gasteiger partial charge < -0.3 is 16.0 Å². The first-order valence-corrected chi connectivity index (χ1v) is 4.82. The second kappa shape index (κ2) is 4.12. The molecule has 17 heavy (non-hydrogen) atoms. The molecule has 0 saturated heterocycles. The monoisotopic (exact) mass is 233 g/mol. The van der Waals surface area contributed by atoms with Gasteiger partial charge in [0.15, 0.2) is 5.82 Å². The van der Waals surface area contributed by atoms with E-state index in [9.17, 15) is 4.79 Å². The Morgan fingerprint density at radius 3 is 2.47 bits per heavy atom. The first kappa shape index (κ1) is 10.9. The summed E-state index contributed by atoms with van der Waals surface area (Å²) in [4.78, 5) is 15.6. The van der Waals surface area contributed by atoms with E-state index >= 15 is 0 Å². The van der Waals surface area contributed by atoms with Crippen molar-refractivity contribution in [1.29, 1.82) is 0 Å². The molecule has 0 atom stereocenters. The van der Waals surface area contributed by atoms with E-state index in [1.165, 1.54) is 12.1 Å². The minimum atomic E-state index is -0.410. The number of aryl methyl sites for hydroxylation is 1. The highest BCUT2D eigenvalue weighted by Crippen LogP contribution is 2.15. The number of nitrogens with two attached hydrogens (primary N) is 2.